The molecular formula is C13H20N6O2. The monoisotopic (exact) mass is 292 g/mol. The lowest BCUT2D eigenvalue weighted by Crippen LogP contribution is -2.36. The van der Waals surface area contributed by atoms with E-state index in [1.807, 2.05) is 38.1 Å². The Bertz CT molecular complexity index is 603. The lowest BCUT2D eigenvalue weighted by atomic mass is 10.3. The normalized spacial score (nSPS) is 11.0. The summed E-state index contributed by atoms with van der Waals surface area (Å²) < 4.78 is 5.53. The molecule has 2 heterocycles. The van der Waals surface area contributed by atoms with Gasteiger partial charge in [-0.25, -0.2) is 0 Å². The van der Waals surface area contributed by atoms with E-state index in [-0.39, 0.29) is 17.7 Å². The van der Waals surface area contributed by atoms with Crippen LogP contribution in [0.5, 0.6) is 0 Å². The number of hydrogen-bond acceptors (Lipinski definition) is 6. The Morgan fingerprint density at radius 3 is 2.67 bits per heavy atom. The van der Waals surface area contributed by atoms with E-state index in [4.69, 9.17) is 10.2 Å². The summed E-state index contributed by atoms with van der Waals surface area (Å²) in [5.41, 5.74) is 5.44. The van der Waals surface area contributed by atoms with Gasteiger partial charge in [0.15, 0.2) is 0 Å². The van der Waals surface area contributed by atoms with Crippen LogP contribution in [0.25, 0.3) is 0 Å². The molecule has 3 N–H and O–H groups in total. The van der Waals surface area contributed by atoms with Crippen molar-refractivity contribution in [2.24, 2.45) is 0 Å². The molecule has 0 saturated heterocycles. The number of anilines is 1. The van der Waals surface area contributed by atoms with Gasteiger partial charge in [-0.3, -0.25) is 9.89 Å². The number of nitrogen functional groups attached to an aromatic ring is 1. The fourth-order valence-corrected chi connectivity index (χ4v) is 1.85. The molecule has 2 rings (SSSR count). The second kappa shape index (κ2) is 6.40. The predicted molar refractivity (Wildman–Crippen MR) is 77.5 cm³/mol. The Balaban J connectivity index is 2.12. The number of aromatic amines is 1. The zero-order valence-electron chi connectivity index (χ0n) is 12.5. The Hall–Kier alpha value is -2.35. The SMILES string of the molecule is Cc1ccc(CN(CCN(C)C)C(=O)c2nc(N)n[nH]2)o1. The molecule has 2 aromatic heterocycles. The Morgan fingerprint density at radius 2 is 2.14 bits per heavy atom. The molecule has 8 nitrogen and oxygen atoms in total. The van der Waals surface area contributed by atoms with Crippen LogP contribution in [-0.2, 0) is 6.54 Å². The number of amides is 1. The van der Waals surface area contributed by atoms with Gasteiger partial charge in [-0.15, -0.1) is 5.10 Å². The molecule has 0 saturated carbocycles. The first-order valence-corrected chi connectivity index (χ1v) is 6.63. The molecule has 8 heteroatoms. The van der Waals surface area contributed by atoms with Gasteiger partial charge >= 0.3 is 0 Å². The van der Waals surface area contributed by atoms with Gasteiger partial charge in [0, 0.05) is 13.1 Å². The highest BCUT2D eigenvalue weighted by atomic mass is 16.3. The number of hydrogen-bond donors (Lipinski definition) is 2. The van der Waals surface area contributed by atoms with Gasteiger partial charge in [0.25, 0.3) is 5.91 Å². The minimum atomic E-state index is -0.255. The van der Waals surface area contributed by atoms with Crippen LogP contribution in [0.2, 0.25) is 0 Å². The minimum absolute atomic E-state index is 0.0553. The van der Waals surface area contributed by atoms with Gasteiger partial charge in [0.1, 0.15) is 11.5 Å². The highest BCUT2D eigenvalue weighted by Crippen LogP contribution is 2.11. The molecule has 0 aliphatic heterocycles. The summed E-state index contributed by atoms with van der Waals surface area (Å²) in [7, 11) is 3.90. The quantitative estimate of drug-likeness (QED) is 0.803. The maximum absolute atomic E-state index is 12.5. The van der Waals surface area contributed by atoms with Crippen molar-refractivity contribution < 1.29 is 9.21 Å². The van der Waals surface area contributed by atoms with Gasteiger partial charge in [-0.2, -0.15) is 4.98 Å². The number of nitrogens with two attached hydrogens (primary N) is 1. The maximum Gasteiger partial charge on any atom is 0.291 e. The summed E-state index contributed by atoms with van der Waals surface area (Å²) >= 11 is 0. The van der Waals surface area contributed by atoms with E-state index in [0.29, 0.717) is 13.1 Å². The summed E-state index contributed by atoms with van der Waals surface area (Å²) in [6, 6.07) is 3.73. The smallest absolute Gasteiger partial charge is 0.291 e. The molecule has 0 aromatic carbocycles. The molecule has 2 aromatic rings. The largest absolute Gasteiger partial charge is 0.464 e. The van der Waals surface area contributed by atoms with E-state index < -0.39 is 0 Å². The predicted octanol–water partition coefficient (Wildman–Crippen LogP) is 0.492. The van der Waals surface area contributed by atoms with Crippen LogP contribution < -0.4 is 5.73 Å². The van der Waals surface area contributed by atoms with Crippen molar-refractivity contribution in [3.8, 4) is 0 Å². The van der Waals surface area contributed by atoms with E-state index in [0.717, 1.165) is 18.1 Å². The average Bonchev–Trinajstić information content (AvgIpc) is 3.02. The third kappa shape index (κ3) is 4.06. The first-order chi connectivity index (χ1) is 9.95. The average molecular weight is 292 g/mol. The van der Waals surface area contributed by atoms with Crippen LogP contribution in [-0.4, -0.2) is 58.1 Å². The fourth-order valence-electron chi connectivity index (χ4n) is 1.85. The number of nitrogens with one attached hydrogen (secondary N) is 1. The summed E-state index contributed by atoms with van der Waals surface area (Å²) in [5.74, 6) is 1.48. The highest BCUT2D eigenvalue weighted by molar-refractivity contribution is 5.90. The van der Waals surface area contributed by atoms with Gasteiger partial charge in [-0.05, 0) is 33.2 Å². The van der Waals surface area contributed by atoms with Crippen LogP contribution in [0.4, 0.5) is 5.95 Å². The van der Waals surface area contributed by atoms with E-state index >= 15 is 0 Å². The van der Waals surface area contributed by atoms with Crippen molar-refractivity contribution in [2.75, 3.05) is 32.9 Å². The van der Waals surface area contributed by atoms with Crippen LogP contribution in [0, 0.1) is 6.92 Å². The van der Waals surface area contributed by atoms with Gasteiger partial charge in [-0.1, -0.05) is 0 Å². The number of carbonyl (C=O) groups is 1. The molecule has 0 fully saturated rings. The summed E-state index contributed by atoms with van der Waals surface area (Å²) in [6.07, 6.45) is 0. The second-order valence-electron chi connectivity index (χ2n) is 5.08. The third-order valence-corrected chi connectivity index (χ3v) is 2.95. The van der Waals surface area contributed by atoms with Crippen molar-refractivity contribution in [3.05, 3.63) is 29.5 Å². The van der Waals surface area contributed by atoms with E-state index in [9.17, 15) is 4.79 Å². The minimum Gasteiger partial charge on any atom is -0.464 e. The molecule has 21 heavy (non-hydrogen) atoms. The van der Waals surface area contributed by atoms with Crippen molar-refractivity contribution in [1.82, 2.24) is 25.0 Å². The maximum atomic E-state index is 12.5. The third-order valence-electron chi connectivity index (χ3n) is 2.95. The molecule has 0 atom stereocenters. The first-order valence-electron chi connectivity index (χ1n) is 6.63. The highest BCUT2D eigenvalue weighted by Gasteiger charge is 2.20. The molecule has 0 aliphatic carbocycles. The van der Waals surface area contributed by atoms with Crippen LogP contribution in [0.15, 0.2) is 16.5 Å². The number of nitrogens with zero attached hydrogens (tertiary/aromatic N) is 4. The van der Waals surface area contributed by atoms with Gasteiger partial charge in [0.05, 0.1) is 6.54 Å². The van der Waals surface area contributed by atoms with Crippen molar-refractivity contribution in [3.63, 3.8) is 0 Å². The van der Waals surface area contributed by atoms with Crippen molar-refractivity contribution in [1.29, 1.82) is 0 Å². The summed E-state index contributed by atoms with van der Waals surface area (Å²) in [5, 5.41) is 6.23. The molecule has 0 spiro atoms. The van der Waals surface area contributed by atoms with Crippen LogP contribution in [0.3, 0.4) is 0 Å². The lowest BCUT2D eigenvalue weighted by molar-refractivity contribution is 0.0707. The number of aryl methyl sites for hydroxylation is 1. The van der Waals surface area contributed by atoms with Crippen molar-refractivity contribution >= 4 is 11.9 Å². The molecule has 0 bridgehead atoms. The zero-order valence-corrected chi connectivity index (χ0v) is 12.5. The number of aromatic nitrogens is 3. The first kappa shape index (κ1) is 15.0. The standard InChI is InChI=1S/C13H20N6O2/c1-9-4-5-10(21-9)8-19(7-6-18(2)3)12(20)11-15-13(14)17-16-11/h4-5H,6-8H2,1-3H3,(H3,14,15,16,17). The van der Waals surface area contributed by atoms with Crippen LogP contribution >= 0.6 is 0 Å². The molecule has 114 valence electrons. The summed E-state index contributed by atoms with van der Waals surface area (Å²) in [4.78, 5) is 20.0. The zero-order chi connectivity index (χ0) is 15.4. The number of carbonyl (C=O) groups excluding carboxylic acids is 1. The number of rotatable bonds is 6. The Labute approximate surface area is 122 Å². The molecule has 0 unspecified atom stereocenters. The molecule has 0 aliphatic rings. The fraction of sp³-hybridized carbons (Fsp3) is 0.462. The second-order valence-corrected chi connectivity index (χ2v) is 5.08. The Kier molecular flexibility index (Phi) is 4.59. The number of H-pyrrole nitrogens is 1. The van der Waals surface area contributed by atoms with Gasteiger partial charge in [0.2, 0.25) is 11.8 Å². The number of furan rings is 1. The van der Waals surface area contributed by atoms with E-state index in [2.05, 4.69) is 15.2 Å². The van der Waals surface area contributed by atoms with E-state index in [1.165, 1.54) is 0 Å². The van der Waals surface area contributed by atoms with E-state index in [1.54, 1.807) is 4.90 Å². The van der Waals surface area contributed by atoms with Gasteiger partial charge < -0.3 is 20.0 Å². The summed E-state index contributed by atoms with van der Waals surface area (Å²) in [6.45, 7) is 3.52. The van der Waals surface area contributed by atoms with Crippen LogP contribution in [0.1, 0.15) is 22.1 Å². The topological polar surface area (TPSA) is 104 Å². The molecule has 1 amide bonds. The molecule has 0 radical (unpaired) electrons. The molecular weight excluding hydrogens is 272 g/mol. The lowest BCUT2D eigenvalue weighted by Gasteiger charge is -2.22. The number of likely N-dealkylation sites (N-methyl/N-ethyl adjacent to an activating group) is 1. The Morgan fingerprint density at radius 1 is 1.38 bits per heavy atom. The van der Waals surface area contributed by atoms with Crippen molar-refractivity contribution in [2.45, 2.75) is 13.5 Å².